The van der Waals surface area contributed by atoms with Gasteiger partial charge in [0.25, 0.3) is 0 Å². The molecule has 7 heteroatoms. The van der Waals surface area contributed by atoms with Gasteiger partial charge in [-0.25, -0.2) is 0 Å². The molecule has 0 heterocycles. The van der Waals surface area contributed by atoms with E-state index in [1.165, 1.54) is 12.1 Å². The molecule has 1 aromatic carbocycles. The zero-order chi connectivity index (χ0) is 15.5. The number of anilines is 1. The predicted molar refractivity (Wildman–Crippen MR) is 73.6 cm³/mol. The van der Waals surface area contributed by atoms with Gasteiger partial charge < -0.3 is 19.5 Å². The minimum atomic E-state index is -2.93. The second kappa shape index (κ2) is 10.1. The summed E-state index contributed by atoms with van der Waals surface area (Å²) in [4.78, 5) is 11.7. The predicted octanol–water partition coefficient (Wildman–Crippen LogP) is 2.67. The minimum absolute atomic E-state index is 0.0582. The standard InChI is InChI=1S/C14H19F2NO4/c1-19-9-10-20-8-4-7-13(18)17-11-5-2-3-6-12(11)21-14(15)16/h2-3,5-6,14H,4,7-10H2,1H3,(H,17,18). The number of methoxy groups -OCH3 is 1. The van der Waals surface area contributed by atoms with Crippen LogP contribution in [0.4, 0.5) is 14.5 Å². The number of alkyl halides is 2. The summed E-state index contributed by atoms with van der Waals surface area (Å²) in [5, 5.41) is 2.54. The summed E-state index contributed by atoms with van der Waals surface area (Å²) in [7, 11) is 1.58. The van der Waals surface area contributed by atoms with E-state index in [1.807, 2.05) is 0 Å². The number of ether oxygens (including phenoxy) is 3. The van der Waals surface area contributed by atoms with Crippen molar-refractivity contribution in [3.63, 3.8) is 0 Å². The number of benzene rings is 1. The van der Waals surface area contributed by atoms with Crippen molar-refractivity contribution in [3.05, 3.63) is 24.3 Å². The molecular weight excluding hydrogens is 284 g/mol. The second-order valence-corrected chi connectivity index (χ2v) is 4.13. The number of nitrogens with one attached hydrogen (secondary N) is 1. The summed E-state index contributed by atoms with van der Waals surface area (Å²) in [6.45, 7) is -1.52. The number of amides is 1. The van der Waals surface area contributed by atoms with E-state index in [0.717, 1.165) is 0 Å². The largest absolute Gasteiger partial charge is 0.433 e. The first-order valence-electron chi connectivity index (χ1n) is 6.54. The van der Waals surface area contributed by atoms with Crippen molar-refractivity contribution in [2.24, 2.45) is 0 Å². The van der Waals surface area contributed by atoms with E-state index in [-0.39, 0.29) is 23.8 Å². The monoisotopic (exact) mass is 303 g/mol. The molecule has 118 valence electrons. The zero-order valence-corrected chi connectivity index (χ0v) is 11.8. The maximum Gasteiger partial charge on any atom is 0.387 e. The first-order chi connectivity index (χ1) is 10.1. The molecule has 0 aromatic heterocycles. The van der Waals surface area contributed by atoms with Crippen molar-refractivity contribution < 1.29 is 27.8 Å². The molecule has 0 spiro atoms. The molecule has 0 fully saturated rings. The SMILES string of the molecule is COCCOCCCC(=O)Nc1ccccc1OC(F)F. The van der Waals surface area contributed by atoms with Crippen LogP contribution < -0.4 is 10.1 Å². The molecule has 21 heavy (non-hydrogen) atoms. The molecule has 1 aromatic rings. The molecule has 0 bridgehead atoms. The highest BCUT2D eigenvalue weighted by molar-refractivity contribution is 5.92. The van der Waals surface area contributed by atoms with E-state index in [1.54, 1.807) is 19.2 Å². The summed E-state index contributed by atoms with van der Waals surface area (Å²) >= 11 is 0. The maximum atomic E-state index is 12.2. The van der Waals surface area contributed by atoms with Crippen molar-refractivity contribution in [1.82, 2.24) is 0 Å². The number of carbonyl (C=O) groups is 1. The van der Waals surface area contributed by atoms with Gasteiger partial charge in [0.15, 0.2) is 0 Å². The van der Waals surface area contributed by atoms with Crippen LogP contribution in [0, 0.1) is 0 Å². The van der Waals surface area contributed by atoms with Gasteiger partial charge in [0.05, 0.1) is 18.9 Å². The Bertz CT molecular complexity index is 429. The normalized spacial score (nSPS) is 10.7. The molecule has 0 aliphatic rings. The third kappa shape index (κ3) is 7.57. The van der Waals surface area contributed by atoms with Crippen molar-refractivity contribution in [1.29, 1.82) is 0 Å². The minimum Gasteiger partial charge on any atom is -0.433 e. The van der Waals surface area contributed by atoms with Gasteiger partial charge in [-0.15, -0.1) is 0 Å². The zero-order valence-electron chi connectivity index (χ0n) is 11.8. The summed E-state index contributed by atoms with van der Waals surface area (Å²) in [5.41, 5.74) is 0.225. The lowest BCUT2D eigenvalue weighted by molar-refractivity contribution is -0.116. The van der Waals surface area contributed by atoms with Crippen LogP contribution in [0.25, 0.3) is 0 Å². The lowest BCUT2D eigenvalue weighted by atomic mass is 10.2. The summed E-state index contributed by atoms with van der Waals surface area (Å²) < 4.78 is 38.8. The summed E-state index contributed by atoms with van der Waals surface area (Å²) in [6, 6.07) is 6.05. The molecule has 0 aliphatic heterocycles. The van der Waals surface area contributed by atoms with Gasteiger partial charge in [0.2, 0.25) is 5.91 Å². The third-order valence-electron chi connectivity index (χ3n) is 2.50. The van der Waals surface area contributed by atoms with Gasteiger partial charge in [-0.2, -0.15) is 8.78 Å². The fraction of sp³-hybridized carbons (Fsp3) is 0.500. The van der Waals surface area contributed by atoms with E-state index < -0.39 is 6.61 Å². The Balaban J connectivity index is 2.34. The van der Waals surface area contributed by atoms with Crippen LogP contribution >= 0.6 is 0 Å². The Labute approximate surface area is 122 Å². The summed E-state index contributed by atoms with van der Waals surface area (Å²) in [6.07, 6.45) is 0.767. The van der Waals surface area contributed by atoms with Gasteiger partial charge >= 0.3 is 6.61 Å². The van der Waals surface area contributed by atoms with Crippen LogP contribution in [0.2, 0.25) is 0 Å². The number of rotatable bonds is 10. The van der Waals surface area contributed by atoms with Gasteiger partial charge in [0.1, 0.15) is 5.75 Å². The quantitative estimate of drug-likeness (QED) is 0.675. The molecule has 5 nitrogen and oxygen atoms in total. The number of halogens is 2. The van der Waals surface area contributed by atoms with Crippen LogP contribution in [-0.2, 0) is 14.3 Å². The van der Waals surface area contributed by atoms with Crippen LogP contribution in [0.1, 0.15) is 12.8 Å². The van der Waals surface area contributed by atoms with Crippen molar-refractivity contribution in [2.75, 3.05) is 32.2 Å². The molecule has 0 atom stereocenters. The smallest absolute Gasteiger partial charge is 0.387 e. The average Bonchev–Trinajstić information content (AvgIpc) is 2.44. The molecule has 1 N–H and O–H groups in total. The third-order valence-corrected chi connectivity index (χ3v) is 2.50. The Morgan fingerprint density at radius 1 is 1.24 bits per heavy atom. The number of hydrogen-bond acceptors (Lipinski definition) is 4. The Hall–Kier alpha value is -1.73. The van der Waals surface area contributed by atoms with Crippen LogP contribution in [0.15, 0.2) is 24.3 Å². The Morgan fingerprint density at radius 2 is 2.00 bits per heavy atom. The number of carbonyl (C=O) groups excluding carboxylic acids is 1. The van der Waals surface area contributed by atoms with Crippen LogP contribution in [0.3, 0.4) is 0 Å². The summed E-state index contributed by atoms with van der Waals surface area (Å²) in [5.74, 6) is -0.340. The second-order valence-electron chi connectivity index (χ2n) is 4.13. The topological polar surface area (TPSA) is 56.8 Å². The lowest BCUT2D eigenvalue weighted by Gasteiger charge is -2.11. The first kappa shape index (κ1) is 17.3. The van der Waals surface area contributed by atoms with Gasteiger partial charge in [-0.1, -0.05) is 12.1 Å². The highest BCUT2D eigenvalue weighted by Gasteiger charge is 2.11. The molecule has 1 amide bonds. The molecule has 0 unspecified atom stereocenters. The molecule has 0 saturated heterocycles. The van der Waals surface area contributed by atoms with Crippen LogP contribution in [0.5, 0.6) is 5.75 Å². The van der Waals surface area contributed by atoms with Crippen LogP contribution in [-0.4, -0.2) is 39.4 Å². The van der Waals surface area contributed by atoms with Gasteiger partial charge in [0, 0.05) is 20.1 Å². The maximum absolute atomic E-state index is 12.2. The van der Waals surface area contributed by atoms with E-state index >= 15 is 0 Å². The Morgan fingerprint density at radius 3 is 2.71 bits per heavy atom. The number of para-hydroxylation sites is 2. The molecule has 0 radical (unpaired) electrons. The fourth-order valence-electron chi connectivity index (χ4n) is 1.56. The number of hydrogen-bond donors (Lipinski definition) is 1. The highest BCUT2D eigenvalue weighted by atomic mass is 19.3. The molecular formula is C14H19F2NO4. The van der Waals surface area contributed by atoms with E-state index in [9.17, 15) is 13.6 Å². The van der Waals surface area contributed by atoms with Crippen molar-refractivity contribution >= 4 is 11.6 Å². The molecule has 0 aliphatic carbocycles. The van der Waals surface area contributed by atoms with Crippen molar-refractivity contribution in [3.8, 4) is 5.75 Å². The first-order valence-corrected chi connectivity index (χ1v) is 6.54. The van der Waals surface area contributed by atoms with E-state index in [0.29, 0.717) is 26.2 Å². The van der Waals surface area contributed by atoms with E-state index in [2.05, 4.69) is 10.1 Å². The highest BCUT2D eigenvalue weighted by Crippen LogP contribution is 2.25. The Kier molecular flexibility index (Phi) is 8.30. The van der Waals surface area contributed by atoms with Gasteiger partial charge in [-0.3, -0.25) is 4.79 Å². The molecule has 1 rings (SSSR count). The van der Waals surface area contributed by atoms with Crippen molar-refractivity contribution in [2.45, 2.75) is 19.5 Å². The molecule has 0 saturated carbocycles. The van der Waals surface area contributed by atoms with E-state index in [4.69, 9.17) is 9.47 Å². The van der Waals surface area contributed by atoms with Gasteiger partial charge in [-0.05, 0) is 18.6 Å². The fourth-order valence-corrected chi connectivity index (χ4v) is 1.56. The average molecular weight is 303 g/mol. The lowest BCUT2D eigenvalue weighted by Crippen LogP contribution is -2.14.